The summed E-state index contributed by atoms with van der Waals surface area (Å²) in [5.41, 5.74) is 2.12. The average molecular weight is 429 g/mol. The Morgan fingerprint density at radius 1 is 0.793 bits per heavy atom. The van der Waals surface area contributed by atoms with Crippen LogP contribution in [0.1, 0.15) is 5.56 Å². The van der Waals surface area contributed by atoms with E-state index >= 15 is 0 Å². The van der Waals surface area contributed by atoms with Gasteiger partial charge < -0.3 is 10.6 Å². The van der Waals surface area contributed by atoms with E-state index in [2.05, 4.69) is 10.6 Å². The first-order chi connectivity index (χ1) is 14.0. The summed E-state index contributed by atoms with van der Waals surface area (Å²) in [6.07, 6.45) is 0.261. The molecule has 2 N–H and O–H groups in total. The van der Waals surface area contributed by atoms with Gasteiger partial charge in [0.05, 0.1) is 12.2 Å². The molecule has 0 aliphatic rings. The third kappa shape index (κ3) is 6.93. The Hall–Kier alpha value is -2.83. The highest BCUT2D eigenvalue weighted by atomic mass is 35.5. The zero-order valence-corrected chi connectivity index (χ0v) is 16.9. The number of thioether (sulfide) groups is 1. The first-order valence-corrected chi connectivity index (χ1v) is 10.2. The van der Waals surface area contributed by atoms with Crippen LogP contribution >= 0.6 is 23.4 Å². The van der Waals surface area contributed by atoms with E-state index in [1.165, 1.54) is 36.0 Å². The second kappa shape index (κ2) is 10.1. The van der Waals surface area contributed by atoms with Crippen molar-refractivity contribution in [2.24, 2.45) is 0 Å². The van der Waals surface area contributed by atoms with Crippen LogP contribution in [0.25, 0.3) is 0 Å². The number of amides is 2. The Balaban J connectivity index is 1.45. The van der Waals surface area contributed by atoms with E-state index in [4.69, 9.17) is 11.6 Å². The van der Waals surface area contributed by atoms with E-state index < -0.39 is 0 Å². The zero-order valence-electron chi connectivity index (χ0n) is 15.3. The minimum Gasteiger partial charge on any atom is -0.326 e. The molecule has 0 unspecified atom stereocenters. The van der Waals surface area contributed by atoms with E-state index in [0.717, 1.165) is 10.5 Å². The van der Waals surface area contributed by atoms with Crippen molar-refractivity contribution >= 4 is 46.6 Å². The fraction of sp³-hybridized carbons (Fsp3) is 0.0909. The van der Waals surface area contributed by atoms with Crippen molar-refractivity contribution in [1.29, 1.82) is 0 Å². The molecule has 3 aromatic carbocycles. The van der Waals surface area contributed by atoms with Gasteiger partial charge in [0.2, 0.25) is 11.8 Å². The lowest BCUT2D eigenvalue weighted by molar-refractivity contribution is -0.115. The van der Waals surface area contributed by atoms with Gasteiger partial charge in [0.15, 0.2) is 0 Å². The second-order valence-corrected chi connectivity index (χ2v) is 7.70. The Kier molecular flexibility index (Phi) is 7.27. The molecule has 0 aromatic heterocycles. The Morgan fingerprint density at radius 3 is 1.97 bits per heavy atom. The maximum atomic E-state index is 12.9. The largest absolute Gasteiger partial charge is 0.326 e. The Bertz CT molecular complexity index is 977. The van der Waals surface area contributed by atoms with E-state index in [9.17, 15) is 14.0 Å². The summed E-state index contributed by atoms with van der Waals surface area (Å²) < 4.78 is 12.9. The Labute approximate surface area is 177 Å². The number of anilines is 2. The molecule has 0 spiro atoms. The smallest absolute Gasteiger partial charge is 0.234 e. The van der Waals surface area contributed by atoms with Crippen molar-refractivity contribution in [3.8, 4) is 0 Å². The zero-order chi connectivity index (χ0) is 20.6. The lowest BCUT2D eigenvalue weighted by Gasteiger charge is -2.08. The summed E-state index contributed by atoms with van der Waals surface area (Å²) in [5, 5.41) is 6.19. The summed E-state index contributed by atoms with van der Waals surface area (Å²) >= 11 is 7.21. The van der Waals surface area contributed by atoms with Crippen LogP contribution in [0.3, 0.4) is 0 Å². The summed E-state index contributed by atoms with van der Waals surface area (Å²) in [4.78, 5) is 25.0. The van der Waals surface area contributed by atoms with E-state index in [1.54, 1.807) is 24.3 Å². The molecule has 3 aromatic rings. The van der Waals surface area contributed by atoms with Crippen molar-refractivity contribution < 1.29 is 14.0 Å². The van der Waals surface area contributed by atoms with E-state index in [1.807, 2.05) is 24.3 Å². The maximum Gasteiger partial charge on any atom is 0.234 e. The molecule has 0 fully saturated rings. The van der Waals surface area contributed by atoms with Crippen LogP contribution in [0, 0.1) is 5.82 Å². The summed E-state index contributed by atoms with van der Waals surface area (Å²) in [7, 11) is 0. The first-order valence-electron chi connectivity index (χ1n) is 8.80. The molecule has 29 heavy (non-hydrogen) atoms. The second-order valence-electron chi connectivity index (χ2n) is 6.22. The topological polar surface area (TPSA) is 58.2 Å². The van der Waals surface area contributed by atoms with Gasteiger partial charge >= 0.3 is 0 Å². The molecule has 148 valence electrons. The quantitative estimate of drug-likeness (QED) is 0.496. The number of benzene rings is 3. The number of carbonyl (C=O) groups is 2. The molecule has 0 saturated heterocycles. The molecule has 2 amide bonds. The molecular weight excluding hydrogens is 411 g/mol. The molecule has 7 heteroatoms. The molecule has 0 aliphatic carbocycles. The molecule has 0 atom stereocenters. The number of halogens is 2. The van der Waals surface area contributed by atoms with Crippen LogP contribution in [0.15, 0.2) is 77.7 Å². The van der Waals surface area contributed by atoms with Crippen LogP contribution in [0.4, 0.5) is 15.8 Å². The van der Waals surface area contributed by atoms with Crippen LogP contribution in [-0.4, -0.2) is 17.6 Å². The van der Waals surface area contributed by atoms with E-state index in [0.29, 0.717) is 16.4 Å². The molecule has 0 bridgehead atoms. The van der Waals surface area contributed by atoms with Crippen LogP contribution < -0.4 is 10.6 Å². The number of hydrogen-bond donors (Lipinski definition) is 2. The number of carbonyl (C=O) groups excluding carboxylic acids is 2. The van der Waals surface area contributed by atoms with Gasteiger partial charge in [-0.15, -0.1) is 11.8 Å². The summed E-state index contributed by atoms with van der Waals surface area (Å²) in [6, 6.07) is 20.0. The Morgan fingerprint density at radius 2 is 1.34 bits per heavy atom. The highest BCUT2D eigenvalue weighted by molar-refractivity contribution is 8.00. The highest BCUT2D eigenvalue weighted by Gasteiger charge is 2.06. The van der Waals surface area contributed by atoms with Crippen molar-refractivity contribution in [3.63, 3.8) is 0 Å². The fourth-order valence-electron chi connectivity index (χ4n) is 2.51. The van der Waals surface area contributed by atoms with Gasteiger partial charge in [-0.3, -0.25) is 9.59 Å². The lowest BCUT2D eigenvalue weighted by atomic mass is 10.1. The van der Waals surface area contributed by atoms with Crippen molar-refractivity contribution in [2.45, 2.75) is 11.3 Å². The van der Waals surface area contributed by atoms with Crippen molar-refractivity contribution in [3.05, 3.63) is 89.2 Å². The number of nitrogens with one attached hydrogen (secondary N) is 2. The number of rotatable bonds is 7. The van der Waals surface area contributed by atoms with Gasteiger partial charge in [-0.1, -0.05) is 23.7 Å². The van der Waals surface area contributed by atoms with Gasteiger partial charge in [-0.05, 0) is 66.2 Å². The van der Waals surface area contributed by atoms with Gasteiger partial charge in [-0.25, -0.2) is 4.39 Å². The molecular formula is C22H18ClFN2O2S. The molecule has 4 nitrogen and oxygen atoms in total. The predicted octanol–water partition coefficient (Wildman–Crippen LogP) is 5.39. The van der Waals surface area contributed by atoms with Gasteiger partial charge in [-0.2, -0.15) is 0 Å². The monoisotopic (exact) mass is 428 g/mol. The first kappa shape index (κ1) is 20.9. The van der Waals surface area contributed by atoms with Gasteiger partial charge in [0.25, 0.3) is 0 Å². The molecule has 3 rings (SSSR count). The minimum absolute atomic E-state index is 0.119. The third-order valence-corrected chi connectivity index (χ3v) is 5.18. The van der Waals surface area contributed by atoms with Gasteiger partial charge in [0.1, 0.15) is 5.82 Å². The summed E-state index contributed by atoms with van der Waals surface area (Å²) in [5.74, 6) is -0.425. The minimum atomic E-state index is -0.349. The molecule has 0 heterocycles. The molecule has 0 saturated carbocycles. The van der Waals surface area contributed by atoms with Crippen molar-refractivity contribution in [1.82, 2.24) is 0 Å². The highest BCUT2D eigenvalue weighted by Crippen LogP contribution is 2.21. The fourth-order valence-corrected chi connectivity index (χ4v) is 3.33. The number of hydrogen-bond acceptors (Lipinski definition) is 3. The van der Waals surface area contributed by atoms with Gasteiger partial charge in [0, 0.05) is 21.3 Å². The van der Waals surface area contributed by atoms with Crippen LogP contribution in [0.5, 0.6) is 0 Å². The standard InChI is InChI=1S/C22H18ClFN2O2S/c23-16-3-1-15(2-4-16)13-21(27)25-19-9-11-20(12-10-19)29-14-22(28)26-18-7-5-17(24)6-8-18/h1-12H,13-14H2,(H,25,27)(H,26,28). The average Bonchev–Trinajstić information content (AvgIpc) is 2.71. The lowest BCUT2D eigenvalue weighted by Crippen LogP contribution is -2.14. The van der Waals surface area contributed by atoms with Crippen molar-refractivity contribution in [2.75, 3.05) is 16.4 Å². The normalized spacial score (nSPS) is 10.4. The van der Waals surface area contributed by atoms with E-state index in [-0.39, 0.29) is 29.8 Å². The summed E-state index contributed by atoms with van der Waals surface area (Å²) in [6.45, 7) is 0. The SMILES string of the molecule is O=C(CSc1ccc(NC(=O)Cc2ccc(Cl)cc2)cc1)Nc1ccc(F)cc1. The predicted molar refractivity (Wildman–Crippen MR) is 116 cm³/mol. The maximum absolute atomic E-state index is 12.9. The third-order valence-electron chi connectivity index (χ3n) is 3.91. The van der Waals surface area contributed by atoms with Crippen LogP contribution in [-0.2, 0) is 16.0 Å². The molecule has 0 radical (unpaired) electrons. The van der Waals surface area contributed by atoms with Crippen LogP contribution in [0.2, 0.25) is 5.02 Å². The molecule has 0 aliphatic heterocycles.